The van der Waals surface area contributed by atoms with Crippen LogP contribution in [0.3, 0.4) is 0 Å². The highest BCUT2D eigenvalue weighted by molar-refractivity contribution is 5.94. The van der Waals surface area contributed by atoms with E-state index in [0.717, 1.165) is 19.4 Å². The average molecular weight is 249 g/mol. The smallest absolute Gasteiger partial charge is 0.251 e. The number of aromatic hydroxyl groups is 1. The summed E-state index contributed by atoms with van der Waals surface area (Å²) in [5.74, 6) is 0.0764. The molecule has 1 saturated heterocycles. The summed E-state index contributed by atoms with van der Waals surface area (Å²) in [6.07, 6.45) is 2.02. The fourth-order valence-electron chi connectivity index (χ4n) is 2.14. The van der Waals surface area contributed by atoms with Crippen LogP contribution in [0.4, 0.5) is 0 Å². The molecule has 1 atom stereocenters. The molecule has 0 radical (unpaired) electrons. The SMILES string of the molecule is Cc1cc(C(=O)NCC2(C)CCCO2)ccc1O. The maximum absolute atomic E-state index is 12.0. The van der Waals surface area contributed by atoms with Gasteiger partial charge in [-0.2, -0.15) is 0 Å². The predicted octanol–water partition coefficient (Wildman–Crippen LogP) is 2.00. The average Bonchev–Trinajstić information content (AvgIpc) is 2.77. The summed E-state index contributed by atoms with van der Waals surface area (Å²) in [5.41, 5.74) is 1.03. The number of phenolic OH excluding ortho intramolecular Hbond substituents is 1. The predicted molar refractivity (Wildman–Crippen MR) is 68.8 cm³/mol. The van der Waals surface area contributed by atoms with E-state index in [9.17, 15) is 9.90 Å². The lowest BCUT2D eigenvalue weighted by molar-refractivity contribution is 0.0206. The molecule has 1 heterocycles. The quantitative estimate of drug-likeness (QED) is 0.861. The van der Waals surface area contributed by atoms with Crippen molar-refractivity contribution in [2.75, 3.05) is 13.2 Å². The molecule has 1 unspecified atom stereocenters. The van der Waals surface area contributed by atoms with Gasteiger partial charge in [0.1, 0.15) is 5.75 Å². The molecule has 4 nitrogen and oxygen atoms in total. The highest BCUT2D eigenvalue weighted by Gasteiger charge is 2.30. The monoisotopic (exact) mass is 249 g/mol. The van der Waals surface area contributed by atoms with Gasteiger partial charge in [-0.05, 0) is 50.5 Å². The van der Waals surface area contributed by atoms with E-state index in [4.69, 9.17) is 4.74 Å². The standard InChI is InChI=1S/C14H19NO3/c1-10-8-11(4-5-12(10)16)13(17)15-9-14(2)6-3-7-18-14/h4-5,8,16H,3,6-7,9H2,1-2H3,(H,15,17). The van der Waals surface area contributed by atoms with Crippen molar-refractivity contribution in [3.8, 4) is 5.75 Å². The second-order valence-electron chi connectivity index (χ2n) is 5.09. The Morgan fingerprint density at radius 2 is 2.33 bits per heavy atom. The Labute approximate surface area is 107 Å². The van der Waals surface area contributed by atoms with Gasteiger partial charge in [0.05, 0.1) is 5.60 Å². The van der Waals surface area contributed by atoms with Gasteiger partial charge in [-0.3, -0.25) is 4.79 Å². The van der Waals surface area contributed by atoms with Gasteiger partial charge in [-0.15, -0.1) is 0 Å². The fraction of sp³-hybridized carbons (Fsp3) is 0.500. The molecule has 1 aliphatic rings. The third-order valence-electron chi connectivity index (χ3n) is 3.38. The Balaban J connectivity index is 1.97. The Morgan fingerprint density at radius 1 is 1.56 bits per heavy atom. The second kappa shape index (κ2) is 4.98. The minimum atomic E-state index is -0.235. The van der Waals surface area contributed by atoms with Crippen molar-refractivity contribution in [3.05, 3.63) is 29.3 Å². The minimum absolute atomic E-state index is 0.130. The molecule has 2 rings (SSSR count). The first-order valence-electron chi connectivity index (χ1n) is 6.22. The molecule has 1 aromatic rings. The van der Waals surface area contributed by atoms with E-state index in [0.29, 0.717) is 17.7 Å². The van der Waals surface area contributed by atoms with Crippen LogP contribution in [0.15, 0.2) is 18.2 Å². The molecule has 98 valence electrons. The van der Waals surface area contributed by atoms with Gasteiger partial charge in [0.15, 0.2) is 0 Å². The topological polar surface area (TPSA) is 58.6 Å². The van der Waals surface area contributed by atoms with Gasteiger partial charge < -0.3 is 15.2 Å². The summed E-state index contributed by atoms with van der Waals surface area (Å²) in [6, 6.07) is 4.84. The van der Waals surface area contributed by atoms with Crippen molar-refractivity contribution in [1.29, 1.82) is 0 Å². The van der Waals surface area contributed by atoms with Crippen molar-refractivity contribution < 1.29 is 14.6 Å². The number of carbonyl (C=O) groups is 1. The van der Waals surface area contributed by atoms with E-state index in [2.05, 4.69) is 5.32 Å². The summed E-state index contributed by atoms with van der Waals surface area (Å²) >= 11 is 0. The van der Waals surface area contributed by atoms with Crippen LogP contribution in [0.1, 0.15) is 35.7 Å². The van der Waals surface area contributed by atoms with Crippen molar-refractivity contribution in [3.63, 3.8) is 0 Å². The molecule has 18 heavy (non-hydrogen) atoms. The zero-order valence-electron chi connectivity index (χ0n) is 10.8. The number of ether oxygens (including phenoxy) is 1. The Morgan fingerprint density at radius 3 is 2.94 bits per heavy atom. The Bertz CT molecular complexity index is 450. The first-order valence-corrected chi connectivity index (χ1v) is 6.22. The lowest BCUT2D eigenvalue weighted by atomic mass is 10.0. The van der Waals surface area contributed by atoms with Crippen LogP contribution in [0.25, 0.3) is 0 Å². The number of rotatable bonds is 3. The van der Waals surface area contributed by atoms with E-state index >= 15 is 0 Å². The van der Waals surface area contributed by atoms with Crippen LogP contribution in [-0.4, -0.2) is 29.8 Å². The van der Waals surface area contributed by atoms with Crippen molar-refractivity contribution in [1.82, 2.24) is 5.32 Å². The molecule has 0 aliphatic carbocycles. The summed E-state index contributed by atoms with van der Waals surface area (Å²) in [7, 11) is 0. The molecule has 4 heteroatoms. The molecule has 0 bridgehead atoms. The van der Waals surface area contributed by atoms with Crippen LogP contribution in [0, 0.1) is 6.92 Å². The van der Waals surface area contributed by atoms with Gasteiger partial charge in [0, 0.05) is 18.7 Å². The Kier molecular flexibility index (Phi) is 3.57. The minimum Gasteiger partial charge on any atom is -0.508 e. The highest BCUT2D eigenvalue weighted by atomic mass is 16.5. The van der Waals surface area contributed by atoms with Crippen LogP contribution in [0.2, 0.25) is 0 Å². The number of nitrogens with one attached hydrogen (secondary N) is 1. The van der Waals surface area contributed by atoms with Gasteiger partial charge in [-0.1, -0.05) is 0 Å². The highest BCUT2D eigenvalue weighted by Crippen LogP contribution is 2.24. The normalized spacial score (nSPS) is 23.0. The molecule has 2 N–H and O–H groups in total. The first kappa shape index (κ1) is 12.9. The van der Waals surface area contributed by atoms with Crippen LogP contribution in [0.5, 0.6) is 5.75 Å². The number of amides is 1. The van der Waals surface area contributed by atoms with E-state index < -0.39 is 0 Å². The zero-order chi connectivity index (χ0) is 13.2. The number of phenols is 1. The summed E-state index contributed by atoms with van der Waals surface area (Å²) < 4.78 is 5.61. The van der Waals surface area contributed by atoms with E-state index in [1.54, 1.807) is 19.1 Å². The molecular formula is C14H19NO3. The van der Waals surface area contributed by atoms with Crippen molar-refractivity contribution >= 4 is 5.91 Å². The first-order chi connectivity index (χ1) is 8.50. The maximum atomic E-state index is 12.0. The zero-order valence-corrected chi connectivity index (χ0v) is 10.8. The molecule has 1 aliphatic heterocycles. The molecule has 0 spiro atoms. The van der Waals surface area contributed by atoms with Crippen LogP contribution < -0.4 is 5.32 Å². The Hall–Kier alpha value is -1.55. The number of aryl methyl sites for hydroxylation is 1. The second-order valence-corrected chi connectivity index (χ2v) is 5.09. The van der Waals surface area contributed by atoms with Crippen molar-refractivity contribution in [2.45, 2.75) is 32.3 Å². The molecule has 0 saturated carbocycles. The van der Waals surface area contributed by atoms with Gasteiger partial charge in [0.2, 0.25) is 0 Å². The molecule has 1 fully saturated rings. The number of hydrogen-bond acceptors (Lipinski definition) is 3. The third kappa shape index (κ3) is 2.82. The third-order valence-corrected chi connectivity index (χ3v) is 3.38. The number of hydrogen-bond donors (Lipinski definition) is 2. The summed E-state index contributed by atoms with van der Waals surface area (Å²) in [5, 5.41) is 12.3. The molecule has 1 amide bonds. The van der Waals surface area contributed by atoms with Gasteiger partial charge >= 0.3 is 0 Å². The lowest BCUT2D eigenvalue weighted by Crippen LogP contribution is -2.40. The van der Waals surface area contributed by atoms with E-state index in [1.807, 2.05) is 6.92 Å². The van der Waals surface area contributed by atoms with Crippen LogP contribution in [-0.2, 0) is 4.74 Å². The molecular weight excluding hydrogens is 230 g/mol. The summed E-state index contributed by atoms with van der Waals surface area (Å²) in [4.78, 5) is 12.0. The number of benzene rings is 1. The molecule has 0 aromatic heterocycles. The number of carbonyl (C=O) groups excluding carboxylic acids is 1. The maximum Gasteiger partial charge on any atom is 0.251 e. The summed E-state index contributed by atoms with van der Waals surface area (Å²) in [6.45, 7) is 5.08. The fourth-order valence-corrected chi connectivity index (χ4v) is 2.14. The lowest BCUT2D eigenvalue weighted by Gasteiger charge is -2.23. The van der Waals surface area contributed by atoms with E-state index in [-0.39, 0.29) is 17.3 Å². The van der Waals surface area contributed by atoms with Gasteiger partial charge in [-0.25, -0.2) is 0 Å². The largest absolute Gasteiger partial charge is 0.508 e. The molecule has 1 aromatic carbocycles. The van der Waals surface area contributed by atoms with E-state index in [1.165, 1.54) is 6.07 Å². The van der Waals surface area contributed by atoms with Crippen molar-refractivity contribution in [2.24, 2.45) is 0 Å². The van der Waals surface area contributed by atoms with Crippen LogP contribution >= 0.6 is 0 Å². The van der Waals surface area contributed by atoms with Gasteiger partial charge in [0.25, 0.3) is 5.91 Å².